The average Bonchev–Trinajstić information content (AvgIpc) is 2.09. The molecular weight excluding hydrogens is 357 g/mol. The summed E-state index contributed by atoms with van der Waals surface area (Å²) in [6.07, 6.45) is 2.82. The molecule has 0 saturated carbocycles. The predicted molar refractivity (Wildman–Crippen MR) is 60.1 cm³/mol. The van der Waals surface area contributed by atoms with Gasteiger partial charge in [-0.3, -0.25) is 0 Å². The van der Waals surface area contributed by atoms with E-state index in [1.54, 1.807) is 0 Å². The summed E-state index contributed by atoms with van der Waals surface area (Å²) >= 11 is 0. The van der Waals surface area contributed by atoms with Gasteiger partial charge in [-0.15, -0.1) is 6.58 Å². The molecule has 0 saturated heterocycles. The topological polar surface area (TPSA) is 9.23 Å². The molecular formula is C11H16OPo. The molecule has 1 aromatic carbocycles. The van der Waals surface area contributed by atoms with Crippen molar-refractivity contribution in [2.24, 2.45) is 0 Å². The van der Waals surface area contributed by atoms with E-state index in [0.29, 0.717) is 0 Å². The van der Waals surface area contributed by atoms with Crippen molar-refractivity contribution in [1.82, 2.24) is 0 Å². The molecule has 13 heavy (non-hydrogen) atoms. The van der Waals surface area contributed by atoms with Crippen molar-refractivity contribution in [3.8, 4) is 5.75 Å². The molecule has 0 amide bonds. The summed E-state index contributed by atoms with van der Waals surface area (Å²) in [5.74, 6) is 0.935. The SMILES string of the molecule is C=CCc1ccc(OCC)cc1.[PoH2]. The molecule has 1 rings (SSSR count). The van der Waals surface area contributed by atoms with Crippen molar-refractivity contribution in [1.29, 1.82) is 0 Å². The molecule has 0 aliphatic rings. The van der Waals surface area contributed by atoms with Gasteiger partial charge in [0, 0.05) is 0 Å². The van der Waals surface area contributed by atoms with E-state index in [4.69, 9.17) is 4.74 Å². The van der Waals surface area contributed by atoms with Gasteiger partial charge in [0.2, 0.25) is 0 Å². The molecule has 72 valence electrons. The van der Waals surface area contributed by atoms with E-state index in [2.05, 4.69) is 18.7 Å². The Balaban J connectivity index is 0.00000144. The van der Waals surface area contributed by atoms with Crippen LogP contribution in [0.2, 0.25) is 0 Å². The van der Waals surface area contributed by atoms with Crippen LogP contribution in [0.5, 0.6) is 5.75 Å². The molecule has 1 nitrogen and oxygen atoms in total. The van der Waals surface area contributed by atoms with Crippen LogP contribution in [0, 0.1) is 0 Å². The number of allylic oxidation sites excluding steroid dienone is 1. The van der Waals surface area contributed by atoms with Gasteiger partial charge in [0.15, 0.2) is 0 Å². The Hall–Kier alpha value is -0.344. The zero-order valence-electron chi connectivity index (χ0n) is 7.92. The second kappa shape index (κ2) is 7.10. The first kappa shape index (κ1) is 12.7. The molecule has 2 heteroatoms. The molecule has 0 unspecified atom stereocenters. The third-order valence-electron chi connectivity index (χ3n) is 1.61. The van der Waals surface area contributed by atoms with Crippen LogP contribution in [-0.2, 0) is 6.42 Å². The van der Waals surface area contributed by atoms with Crippen molar-refractivity contribution < 1.29 is 4.74 Å². The van der Waals surface area contributed by atoms with E-state index >= 15 is 0 Å². The number of benzene rings is 1. The molecule has 0 aromatic heterocycles. The van der Waals surface area contributed by atoms with Crippen molar-refractivity contribution in [2.45, 2.75) is 13.3 Å². The summed E-state index contributed by atoms with van der Waals surface area (Å²) < 4.78 is 5.31. The summed E-state index contributed by atoms with van der Waals surface area (Å²) in [6.45, 7) is 6.39. The molecule has 0 bridgehead atoms. The van der Waals surface area contributed by atoms with Crippen LogP contribution in [0.25, 0.3) is 0 Å². The van der Waals surface area contributed by atoms with Gasteiger partial charge in [-0.1, -0.05) is 18.2 Å². The Labute approximate surface area is 99.3 Å². The first-order valence-corrected chi connectivity index (χ1v) is 4.19. The van der Waals surface area contributed by atoms with Crippen LogP contribution >= 0.6 is 0 Å². The zero-order chi connectivity index (χ0) is 8.81. The second-order valence-corrected chi connectivity index (χ2v) is 2.57. The van der Waals surface area contributed by atoms with Crippen molar-refractivity contribution in [3.05, 3.63) is 42.5 Å². The molecule has 0 radical (unpaired) electrons. The normalized spacial score (nSPS) is 8.69. The Bertz CT molecular complexity index is 241. The number of rotatable bonds is 4. The van der Waals surface area contributed by atoms with Crippen LogP contribution in [0.1, 0.15) is 12.5 Å². The van der Waals surface area contributed by atoms with Gasteiger partial charge in [-0.2, -0.15) is 0 Å². The number of ether oxygens (including phenoxy) is 1. The van der Waals surface area contributed by atoms with Gasteiger partial charge in [0.25, 0.3) is 0 Å². The van der Waals surface area contributed by atoms with Gasteiger partial charge >= 0.3 is 26.6 Å². The summed E-state index contributed by atoms with van der Waals surface area (Å²) in [5.41, 5.74) is 1.27. The quantitative estimate of drug-likeness (QED) is 0.733. The monoisotopic (exact) mass is 373 g/mol. The third-order valence-corrected chi connectivity index (χ3v) is 1.61. The first-order valence-electron chi connectivity index (χ1n) is 4.19. The standard InChI is InChI=1S/C11H14O.Po.2H/c1-3-5-10-6-8-11(9-7-10)12-4-2;;;/h3,6-9H,1,4-5H2,2H3;;;. The average molecular weight is 373 g/mol. The van der Waals surface area contributed by atoms with Crippen molar-refractivity contribution in [3.63, 3.8) is 0 Å². The van der Waals surface area contributed by atoms with Gasteiger partial charge in [0.05, 0.1) is 6.61 Å². The van der Waals surface area contributed by atoms with Gasteiger partial charge in [-0.05, 0) is 31.0 Å². The number of hydrogen-bond acceptors (Lipinski definition) is 1. The van der Waals surface area contributed by atoms with E-state index < -0.39 is 0 Å². The predicted octanol–water partition coefficient (Wildman–Crippen LogP) is 1.90. The Morgan fingerprint density at radius 1 is 1.31 bits per heavy atom. The molecule has 0 N–H and O–H groups in total. The van der Waals surface area contributed by atoms with Crippen molar-refractivity contribution in [2.75, 3.05) is 6.61 Å². The molecule has 0 heterocycles. The van der Waals surface area contributed by atoms with Crippen LogP contribution in [0.3, 0.4) is 0 Å². The van der Waals surface area contributed by atoms with E-state index in [1.165, 1.54) is 5.56 Å². The molecule has 0 aliphatic carbocycles. The molecule has 0 fully saturated rings. The van der Waals surface area contributed by atoms with Crippen LogP contribution in [-0.4, -0.2) is 33.2 Å². The second-order valence-electron chi connectivity index (χ2n) is 2.57. The van der Waals surface area contributed by atoms with E-state index in [9.17, 15) is 0 Å². The minimum atomic E-state index is 0. The van der Waals surface area contributed by atoms with Crippen LogP contribution in [0.4, 0.5) is 0 Å². The summed E-state index contributed by atoms with van der Waals surface area (Å²) in [7, 11) is 0. The third kappa shape index (κ3) is 4.43. The first-order chi connectivity index (χ1) is 5.86. The van der Waals surface area contributed by atoms with Gasteiger partial charge in [0.1, 0.15) is 5.75 Å². The summed E-state index contributed by atoms with van der Waals surface area (Å²) in [4.78, 5) is 0. The fourth-order valence-electron chi connectivity index (χ4n) is 1.06. The molecule has 0 aliphatic heterocycles. The van der Waals surface area contributed by atoms with Gasteiger partial charge in [-0.25, -0.2) is 0 Å². The minimum absolute atomic E-state index is 0. The summed E-state index contributed by atoms with van der Waals surface area (Å²) in [6, 6.07) is 8.10. The van der Waals surface area contributed by atoms with E-state index in [0.717, 1.165) is 18.8 Å². The fraction of sp³-hybridized carbons (Fsp3) is 0.273. The number of hydrogen-bond donors (Lipinski definition) is 0. The zero-order valence-corrected chi connectivity index (χ0v) is 11.8. The van der Waals surface area contributed by atoms with E-state index in [1.807, 2.05) is 25.1 Å². The van der Waals surface area contributed by atoms with Crippen molar-refractivity contribution >= 4 is 26.6 Å². The maximum absolute atomic E-state index is 5.31. The Morgan fingerprint density at radius 2 is 1.92 bits per heavy atom. The van der Waals surface area contributed by atoms with Crippen LogP contribution in [0.15, 0.2) is 36.9 Å². The fourth-order valence-corrected chi connectivity index (χ4v) is 1.06. The molecule has 0 atom stereocenters. The van der Waals surface area contributed by atoms with Crippen LogP contribution < -0.4 is 4.74 Å². The molecule has 1 aromatic rings. The van der Waals surface area contributed by atoms with Gasteiger partial charge < -0.3 is 4.74 Å². The summed E-state index contributed by atoms with van der Waals surface area (Å²) in [5, 5.41) is 0. The van der Waals surface area contributed by atoms with E-state index in [-0.39, 0.29) is 26.6 Å². The Morgan fingerprint density at radius 3 is 2.38 bits per heavy atom. The molecule has 0 spiro atoms. The maximum atomic E-state index is 5.31. The Kier molecular flexibility index (Phi) is 6.91.